The summed E-state index contributed by atoms with van der Waals surface area (Å²) < 4.78 is 83.2. The van der Waals surface area contributed by atoms with Crippen LogP contribution in [0.2, 0.25) is 0 Å². The van der Waals surface area contributed by atoms with Gasteiger partial charge in [-0.05, 0) is 35.4 Å². The molecule has 30 heavy (non-hydrogen) atoms. The Morgan fingerprint density at radius 1 is 0.700 bits per heavy atom. The molecular weight excluding hydrogens is 430 g/mol. The third-order valence-corrected chi connectivity index (χ3v) is 3.44. The summed E-state index contributed by atoms with van der Waals surface area (Å²) in [5, 5.41) is 17.3. The second-order valence-electron chi connectivity index (χ2n) is 5.40. The highest BCUT2D eigenvalue weighted by Gasteiger charge is 2.34. The molecule has 0 aliphatic rings. The molecule has 0 saturated heterocycles. The van der Waals surface area contributed by atoms with E-state index in [-0.39, 0.29) is 11.1 Å². The smallest absolute Gasteiger partial charge is 0.405 e. The van der Waals surface area contributed by atoms with Gasteiger partial charge in [-0.2, -0.15) is 0 Å². The van der Waals surface area contributed by atoms with Crippen LogP contribution in [0.3, 0.4) is 0 Å². The second-order valence-corrected chi connectivity index (χ2v) is 5.40. The van der Waals surface area contributed by atoms with Crippen molar-refractivity contribution in [3.8, 4) is 22.6 Å². The molecule has 4 N–H and O–H groups in total. The minimum absolute atomic E-state index is 0.160. The van der Waals surface area contributed by atoms with E-state index in [0.29, 0.717) is 12.1 Å². The van der Waals surface area contributed by atoms with Crippen LogP contribution in [-0.4, -0.2) is 35.0 Å². The van der Waals surface area contributed by atoms with Crippen LogP contribution in [0, 0.1) is 0 Å². The van der Waals surface area contributed by atoms with Crippen molar-refractivity contribution in [3.05, 3.63) is 47.5 Å². The average molecular weight is 440 g/mol. The zero-order chi connectivity index (χ0) is 22.7. The summed E-state index contributed by atoms with van der Waals surface area (Å²) in [5.41, 5.74) is 0.495. The van der Waals surface area contributed by atoms with Gasteiger partial charge in [0.15, 0.2) is 0 Å². The number of carbonyl (C=O) groups is 2. The molecule has 0 spiro atoms. The molecule has 162 valence electrons. The molecule has 2 aromatic rings. The molecule has 0 heterocycles. The number of benzene rings is 2. The van der Waals surface area contributed by atoms with E-state index >= 15 is 0 Å². The Balaban J connectivity index is 2.59. The maximum atomic E-state index is 12.6. The fourth-order valence-corrected chi connectivity index (χ4v) is 2.32. The van der Waals surface area contributed by atoms with Crippen LogP contribution in [0.25, 0.3) is 11.1 Å². The molecule has 2 rings (SSSR count). The molecule has 14 heteroatoms. The van der Waals surface area contributed by atoms with Crippen LogP contribution in [0.1, 0.15) is 20.7 Å². The molecule has 0 saturated carbocycles. The van der Waals surface area contributed by atoms with Gasteiger partial charge < -0.3 is 9.47 Å². The molecule has 2 amide bonds. The average Bonchev–Trinajstić information content (AvgIpc) is 2.64. The van der Waals surface area contributed by atoms with E-state index in [9.17, 15) is 35.9 Å². The lowest BCUT2D eigenvalue weighted by molar-refractivity contribution is -0.275. The third-order valence-electron chi connectivity index (χ3n) is 3.44. The molecule has 0 atom stereocenters. The molecule has 8 nitrogen and oxygen atoms in total. The van der Waals surface area contributed by atoms with Gasteiger partial charge in [0.2, 0.25) is 0 Å². The summed E-state index contributed by atoms with van der Waals surface area (Å²) in [6.45, 7) is 0. The van der Waals surface area contributed by atoms with Gasteiger partial charge in [0.25, 0.3) is 11.8 Å². The number of nitrogens with one attached hydrogen (secondary N) is 2. The van der Waals surface area contributed by atoms with Crippen LogP contribution in [0.5, 0.6) is 11.5 Å². The molecule has 0 aliphatic carbocycles. The maximum Gasteiger partial charge on any atom is 0.573 e. The second kappa shape index (κ2) is 8.46. The first-order chi connectivity index (χ1) is 13.8. The highest BCUT2D eigenvalue weighted by atomic mass is 19.4. The molecule has 0 aliphatic heterocycles. The minimum Gasteiger partial charge on any atom is -0.405 e. The van der Waals surface area contributed by atoms with Crippen LogP contribution < -0.4 is 20.4 Å². The zero-order valence-corrected chi connectivity index (χ0v) is 14.3. The Bertz CT molecular complexity index is 883. The predicted octanol–water partition coefficient (Wildman–Crippen LogP) is 3.39. The third kappa shape index (κ3) is 5.74. The van der Waals surface area contributed by atoms with Gasteiger partial charge in [-0.3, -0.25) is 20.0 Å². The van der Waals surface area contributed by atoms with E-state index in [0.717, 1.165) is 35.2 Å². The summed E-state index contributed by atoms with van der Waals surface area (Å²) in [6, 6.07) is 5.09. The number of amides is 2. The standard InChI is InChI=1S/C16H10F6N2O6/c17-15(18,19)29-11-5-7(1-3-9(11)13(25)23-27)8-2-4-10(14(26)24-28)12(6-8)30-16(20,21)22/h1-6,27-28H,(H,23,25)(H,24,26). The molecule has 2 aromatic carbocycles. The SMILES string of the molecule is O=C(NO)c1ccc(-c2ccc(C(=O)NO)c(OC(F)(F)F)c2)cc1OC(F)(F)F. The lowest BCUT2D eigenvalue weighted by Gasteiger charge is -2.16. The quantitative estimate of drug-likeness (QED) is 0.322. The van der Waals surface area contributed by atoms with Crippen LogP contribution in [0.15, 0.2) is 36.4 Å². The van der Waals surface area contributed by atoms with Crippen LogP contribution in [0.4, 0.5) is 26.3 Å². The molecule has 0 radical (unpaired) electrons. The monoisotopic (exact) mass is 440 g/mol. The van der Waals surface area contributed by atoms with Gasteiger partial charge in [-0.15, -0.1) is 26.3 Å². The first-order valence-corrected chi connectivity index (χ1v) is 7.53. The van der Waals surface area contributed by atoms with Crippen LogP contribution in [-0.2, 0) is 0 Å². The Kier molecular flexibility index (Phi) is 6.42. The number of alkyl halides is 6. The van der Waals surface area contributed by atoms with Crippen molar-refractivity contribution in [1.29, 1.82) is 0 Å². The molecule has 0 aromatic heterocycles. The van der Waals surface area contributed by atoms with Crippen molar-refractivity contribution in [3.63, 3.8) is 0 Å². The lowest BCUT2D eigenvalue weighted by Crippen LogP contribution is -2.23. The van der Waals surface area contributed by atoms with Gasteiger partial charge in [0, 0.05) is 0 Å². The van der Waals surface area contributed by atoms with Gasteiger partial charge >= 0.3 is 12.7 Å². The van der Waals surface area contributed by atoms with E-state index in [2.05, 4.69) is 9.47 Å². The van der Waals surface area contributed by atoms with Gasteiger partial charge in [0.05, 0.1) is 11.1 Å². The summed E-state index contributed by atoms with van der Waals surface area (Å²) in [5.74, 6) is -4.78. The Hall–Kier alpha value is -3.52. The summed E-state index contributed by atoms with van der Waals surface area (Å²) in [4.78, 5) is 23.0. The molecule has 0 bridgehead atoms. The van der Waals surface area contributed by atoms with Gasteiger partial charge in [0.1, 0.15) is 11.5 Å². The molecular formula is C16H10F6N2O6. The number of rotatable bonds is 5. The van der Waals surface area contributed by atoms with Gasteiger partial charge in [-0.25, -0.2) is 11.0 Å². The Morgan fingerprint density at radius 2 is 1.03 bits per heavy atom. The number of halogens is 6. The lowest BCUT2D eigenvalue weighted by atomic mass is 10.0. The molecule has 0 fully saturated rings. The Morgan fingerprint density at radius 3 is 1.30 bits per heavy atom. The fourth-order valence-electron chi connectivity index (χ4n) is 2.32. The van der Waals surface area contributed by atoms with E-state index < -0.39 is 47.2 Å². The number of ether oxygens (including phenoxy) is 2. The van der Waals surface area contributed by atoms with E-state index in [1.54, 1.807) is 0 Å². The maximum absolute atomic E-state index is 12.6. The van der Waals surface area contributed by atoms with Crippen molar-refractivity contribution in [1.82, 2.24) is 11.0 Å². The first kappa shape index (κ1) is 22.8. The van der Waals surface area contributed by atoms with Crippen molar-refractivity contribution < 1.29 is 55.8 Å². The predicted molar refractivity (Wildman–Crippen MR) is 83.7 cm³/mol. The highest BCUT2D eigenvalue weighted by molar-refractivity contribution is 5.98. The van der Waals surface area contributed by atoms with E-state index in [1.807, 2.05) is 0 Å². The van der Waals surface area contributed by atoms with Crippen LogP contribution >= 0.6 is 0 Å². The summed E-state index contributed by atoms with van der Waals surface area (Å²) in [7, 11) is 0. The number of hydroxylamine groups is 2. The van der Waals surface area contributed by atoms with Crippen molar-refractivity contribution in [2.24, 2.45) is 0 Å². The zero-order valence-electron chi connectivity index (χ0n) is 14.3. The largest absolute Gasteiger partial charge is 0.573 e. The Labute approximate surface area is 162 Å². The number of carbonyl (C=O) groups excluding carboxylic acids is 2. The van der Waals surface area contributed by atoms with Crippen molar-refractivity contribution in [2.75, 3.05) is 0 Å². The number of hydrogen-bond acceptors (Lipinski definition) is 6. The van der Waals surface area contributed by atoms with Gasteiger partial charge in [-0.1, -0.05) is 12.1 Å². The fraction of sp³-hybridized carbons (Fsp3) is 0.125. The van der Waals surface area contributed by atoms with E-state index in [4.69, 9.17) is 10.4 Å². The highest BCUT2D eigenvalue weighted by Crippen LogP contribution is 2.35. The normalized spacial score (nSPS) is 11.6. The van der Waals surface area contributed by atoms with Crippen molar-refractivity contribution in [2.45, 2.75) is 12.7 Å². The topological polar surface area (TPSA) is 117 Å². The summed E-state index contributed by atoms with van der Waals surface area (Å²) in [6.07, 6.45) is -10.5. The van der Waals surface area contributed by atoms with Crippen molar-refractivity contribution >= 4 is 11.8 Å². The number of hydrogen-bond donors (Lipinski definition) is 4. The van der Waals surface area contributed by atoms with E-state index in [1.165, 1.54) is 0 Å². The first-order valence-electron chi connectivity index (χ1n) is 7.53. The molecule has 0 unspecified atom stereocenters. The summed E-state index contributed by atoms with van der Waals surface area (Å²) >= 11 is 0. The minimum atomic E-state index is -5.23.